The number of fused-ring (bicyclic) bond motifs is 1. The van der Waals surface area contributed by atoms with E-state index in [2.05, 4.69) is 59.8 Å². The molecule has 14 heteroatoms. The fraction of sp³-hybridized carbons (Fsp3) is 0.393. The molecule has 5 rings (SSSR count). The maximum atomic E-state index is 13.7. The molecule has 4 heterocycles. The van der Waals surface area contributed by atoms with Crippen molar-refractivity contribution >= 4 is 50.9 Å². The summed E-state index contributed by atoms with van der Waals surface area (Å²) in [5.41, 5.74) is 1.83. The molecule has 2 aliphatic heterocycles. The summed E-state index contributed by atoms with van der Waals surface area (Å²) in [6, 6.07) is 13.8. The summed E-state index contributed by atoms with van der Waals surface area (Å²) >= 11 is 3.50. The highest BCUT2D eigenvalue weighted by Gasteiger charge is 2.39. The molecule has 1 atom stereocenters. The van der Waals surface area contributed by atoms with E-state index in [1.54, 1.807) is 6.33 Å². The lowest BCUT2D eigenvalue weighted by molar-refractivity contribution is -0.192. The van der Waals surface area contributed by atoms with Gasteiger partial charge < -0.3 is 20.2 Å². The van der Waals surface area contributed by atoms with Crippen molar-refractivity contribution in [2.75, 3.05) is 46.2 Å². The third-order valence-electron chi connectivity index (χ3n) is 6.70. The Labute approximate surface area is 249 Å². The normalized spacial score (nSPS) is 16.9. The minimum atomic E-state index is -5.08. The maximum Gasteiger partial charge on any atom is 0.490 e. The smallest absolute Gasteiger partial charge is 0.475 e. The zero-order chi connectivity index (χ0) is 30.4. The van der Waals surface area contributed by atoms with Gasteiger partial charge in [0.05, 0.1) is 6.54 Å². The Hall–Kier alpha value is -3.94. The van der Waals surface area contributed by atoms with Gasteiger partial charge in [0, 0.05) is 36.8 Å². The van der Waals surface area contributed by atoms with Crippen LogP contribution in [0.1, 0.15) is 25.8 Å². The summed E-state index contributed by atoms with van der Waals surface area (Å²) in [5.74, 6) is 0.210. The van der Waals surface area contributed by atoms with Gasteiger partial charge in [0.1, 0.15) is 23.9 Å². The molecular weight excluding hydrogens is 619 g/mol. The molecule has 2 aliphatic rings. The predicted octanol–water partition coefficient (Wildman–Crippen LogP) is 4.97. The summed E-state index contributed by atoms with van der Waals surface area (Å²) in [4.78, 5) is 42.8. The number of anilines is 4. The Bertz CT molecular complexity index is 1370. The highest BCUT2D eigenvalue weighted by molar-refractivity contribution is 9.10. The van der Waals surface area contributed by atoms with Crippen LogP contribution in [0, 0.1) is 5.92 Å². The number of carboxylic acid groups (broad SMARTS) is 1. The molecule has 0 radical (unpaired) electrons. The average Bonchev–Trinajstić information content (AvgIpc) is 2.96. The number of carbonyl (C=O) groups is 2. The Kier molecular flexibility index (Phi) is 9.86. The number of aliphatic carboxylic acids is 1. The van der Waals surface area contributed by atoms with Crippen LogP contribution in [0.5, 0.6) is 0 Å². The topological polar surface area (TPSA) is 115 Å². The third kappa shape index (κ3) is 7.66. The molecule has 1 saturated heterocycles. The first kappa shape index (κ1) is 31.0. The van der Waals surface area contributed by atoms with Crippen LogP contribution >= 0.6 is 15.9 Å². The lowest BCUT2D eigenvalue weighted by atomic mass is 10.00. The van der Waals surface area contributed by atoms with Gasteiger partial charge in [-0.3, -0.25) is 9.69 Å². The molecular formula is C28H31BrF3N7O3. The van der Waals surface area contributed by atoms with Crippen LogP contribution in [0.3, 0.4) is 0 Å². The van der Waals surface area contributed by atoms with Gasteiger partial charge in [-0.15, -0.1) is 0 Å². The molecule has 3 aromatic rings. The predicted molar refractivity (Wildman–Crippen MR) is 157 cm³/mol. The first-order chi connectivity index (χ1) is 19.9. The van der Waals surface area contributed by atoms with E-state index < -0.39 is 12.1 Å². The van der Waals surface area contributed by atoms with E-state index in [1.807, 2.05) is 53.6 Å². The molecule has 1 aromatic carbocycles. The van der Waals surface area contributed by atoms with Crippen molar-refractivity contribution in [3.05, 3.63) is 65.0 Å². The van der Waals surface area contributed by atoms with Gasteiger partial charge in [0.2, 0.25) is 5.91 Å². The van der Waals surface area contributed by atoms with Gasteiger partial charge in [-0.2, -0.15) is 13.2 Å². The number of alkyl halides is 3. The van der Waals surface area contributed by atoms with E-state index in [-0.39, 0.29) is 11.9 Å². The number of nitrogens with one attached hydrogen (secondary N) is 1. The van der Waals surface area contributed by atoms with Gasteiger partial charge in [-0.25, -0.2) is 19.7 Å². The largest absolute Gasteiger partial charge is 0.490 e. The zero-order valence-corrected chi connectivity index (χ0v) is 24.6. The summed E-state index contributed by atoms with van der Waals surface area (Å²) in [7, 11) is 0. The lowest BCUT2D eigenvalue weighted by Gasteiger charge is -2.40. The molecule has 2 aromatic heterocycles. The third-order valence-corrected chi connectivity index (χ3v) is 7.23. The molecule has 2 N–H and O–H groups in total. The van der Waals surface area contributed by atoms with Crippen molar-refractivity contribution in [1.82, 2.24) is 15.0 Å². The molecule has 0 spiro atoms. The molecule has 10 nitrogen and oxygen atoms in total. The van der Waals surface area contributed by atoms with Crippen molar-refractivity contribution in [3.8, 4) is 0 Å². The van der Waals surface area contributed by atoms with Crippen LogP contribution in [0.25, 0.3) is 0 Å². The molecule has 0 saturated carbocycles. The van der Waals surface area contributed by atoms with Crippen LogP contribution in [-0.2, 0) is 16.1 Å². The zero-order valence-electron chi connectivity index (χ0n) is 23.1. The fourth-order valence-corrected chi connectivity index (χ4v) is 4.99. The summed E-state index contributed by atoms with van der Waals surface area (Å²) in [6.07, 6.45) is -0.906. The van der Waals surface area contributed by atoms with E-state index in [1.165, 1.54) is 0 Å². The number of carboxylic acids is 1. The minimum absolute atomic E-state index is 0.0669. The van der Waals surface area contributed by atoms with Crippen molar-refractivity contribution in [2.45, 2.75) is 39.0 Å². The second-order valence-electron chi connectivity index (χ2n) is 10.2. The molecule has 1 unspecified atom stereocenters. The monoisotopic (exact) mass is 649 g/mol. The summed E-state index contributed by atoms with van der Waals surface area (Å²) < 4.78 is 32.8. The maximum absolute atomic E-state index is 13.7. The second kappa shape index (κ2) is 13.4. The number of benzene rings is 1. The molecule has 42 heavy (non-hydrogen) atoms. The number of aromatic nitrogens is 3. The van der Waals surface area contributed by atoms with Crippen LogP contribution in [0.4, 0.5) is 36.3 Å². The first-order valence-electron chi connectivity index (χ1n) is 13.3. The number of piperazine rings is 1. The SMILES string of the molecule is CC(C)CC1Nc2ncnc(N3CCN(c4ccccn4)CC3)c2N(Cc2ccc(Br)cc2)C1=O.O=C(O)C(F)(F)F. The highest BCUT2D eigenvalue weighted by atomic mass is 79.9. The number of hydrogen-bond acceptors (Lipinski definition) is 8. The number of halogens is 4. The lowest BCUT2D eigenvalue weighted by Crippen LogP contribution is -2.50. The number of nitrogens with zero attached hydrogens (tertiary/aromatic N) is 6. The minimum Gasteiger partial charge on any atom is -0.475 e. The first-order valence-corrected chi connectivity index (χ1v) is 14.1. The highest BCUT2D eigenvalue weighted by Crippen LogP contribution is 2.39. The van der Waals surface area contributed by atoms with Gasteiger partial charge >= 0.3 is 12.1 Å². The van der Waals surface area contributed by atoms with Gasteiger partial charge in [-0.05, 0) is 42.2 Å². The average molecular weight is 651 g/mol. The number of amides is 1. The molecule has 1 amide bonds. The molecule has 1 fully saturated rings. The molecule has 0 aliphatic carbocycles. The Morgan fingerprint density at radius 2 is 1.69 bits per heavy atom. The van der Waals surface area contributed by atoms with Crippen molar-refractivity contribution in [3.63, 3.8) is 0 Å². The Balaban J connectivity index is 0.000000517. The Morgan fingerprint density at radius 3 is 2.26 bits per heavy atom. The fourth-order valence-electron chi connectivity index (χ4n) is 4.73. The van der Waals surface area contributed by atoms with E-state index in [0.29, 0.717) is 12.5 Å². The van der Waals surface area contributed by atoms with E-state index in [4.69, 9.17) is 9.90 Å². The van der Waals surface area contributed by atoms with Crippen LogP contribution in [-0.4, -0.2) is 70.3 Å². The second-order valence-corrected chi connectivity index (χ2v) is 11.2. The Morgan fingerprint density at radius 1 is 1.05 bits per heavy atom. The number of rotatable bonds is 6. The van der Waals surface area contributed by atoms with Gasteiger partial charge in [-0.1, -0.05) is 48.0 Å². The van der Waals surface area contributed by atoms with Crippen molar-refractivity contribution in [1.29, 1.82) is 0 Å². The number of pyridine rings is 1. The van der Waals surface area contributed by atoms with Crippen LogP contribution in [0.15, 0.2) is 59.5 Å². The summed E-state index contributed by atoms with van der Waals surface area (Å²) in [6.45, 7) is 7.99. The van der Waals surface area contributed by atoms with Gasteiger partial charge in [0.25, 0.3) is 0 Å². The number of carbonyl (C=O) groups excluding carboxylic acids is 1. The van der Waals surface area contributed by atoms with Gasteiger partial charge in [0.15, 0.2) is 11.6 Å². The number of hydrogen-bond donors (Lipinski definition) is 2. The van der Waals surface area contributed by atoms with Crippen molar-refractivity contribution < 1.29 is 27.9 Å². The van der Waals surface area contributed by atoms with E-state index >= 15 is 0 Å². The van der Waals surface area contributed by atoms with E-state index in [9.17, 15) is 18.0 Å². The molecule has 0 bridgehead atoms. The standard InChI is InChI=1S/C26H30BrN7O.C2HF3O2/c1-18(2)15-21-26(35)34(16-19-6-8-20(27)9-7-19)23-24(31-21)29-17-30-25(23)33-13-11-32(12-14-33)22-5-3-4-10-28-22;3-2(4,5)1(6)7/h3-10,17-18,21H,11-16H2,1-2H3,(H,29,30,31);(H,6,7). The van der Waals surface area contributed by atoms with E-state index in [0.717, 1.165) is 65.8 Å². The van der Waals surface area contributed by atoms with Crippen LogP contribution < -0.4 is 20.0 Å². The molecule has 224 valence electrons. The summed E-state index contributed by atoms with van der Waals surface area (Å²) in [5, 5.41) is 10.5. The van der Waals surface area contributed by atoms with Crippen LogP contribution in [0.2, 0.25) is 0 Å². The quantitative estimate of drug-likeness (QED) is 0.382. The van der Waals surface area contributed by atoms with Crippen molar-refractivity contribution in [2.24, 2.45) is 5.92 Å².